The van der Waals surface area contributed by atoms with Crippen LogP contribution in [0.25, 0.3) is 0 Å². The normalized spacial score (nSPS) is 12.0. The molecule has 1 aromatic rings. The Hall–Kier alpha value is -0.580. The van der Waals surface area contributed by atoms with Crippen molar-refractivity contribution in [3.05, 3.63) is 18.5 Å². The van der Waals surface area contributed by atoms with Crippen molar-refractivity contribution in [1.82, 2.24) is 4.57 Å². The maximum atomic E-state index is 11.7. The summed E-state index contributed by atoms with van der Waals surface area (Å²) >= 11 is -0.0993. The van der Waals surface area contributed by atoms with Crippen molar-refractivity contribution in [1.29, 1.82) is 0 Å². The number of hydrogen-bond donors (Lipinski definition) is 0. The highest BCUT2D eigenvalue weighted by Gasteiger charge is 2.29. The summed E-state index contributed by atoms with van der Waals surface area (Å²) in [4.78, 5) is 0.222. The summed E-state index contributed by atoms with van der Waals surface area (Å²) in [5.74, 6) is 0. The fourth-order valence-electron chi connectivity index (χ4n) is 0.672. The number of hydrogen-bond acceptors (Lipinski definition) is 1. The van der Waals surface area contributed by atoms with Crippen molar-refractivity contribution in [2.24, 2.45) is 7.05 Å². The number of thioether (sulfide) groups is 1. The van der Waals surface area contributed by atoms with Gasteiger partial charge in [0.1, 0.15) is 0 Å². The highest BCUT2D eigenvalue weighted by molar-refractivity contribution is 8.00. The monoisotopic (exact) mass is 181 g/mol. The van der Waals surface area contributed by atoms with Gasteiger partial charge >= 0.3 is 5.51 Å². The molecule has 0 aliphatic heterocycles. The van der Waals surface area contributed by atoms with Crippen LogP contribution in [0.5, 0.6) is 0 Å². The van der Waals surface area contributed by atoms with E-state index in [9.17, 15) is 13.2 Å². The Balaban J connectivity index is 2.65. The Morgan fingerprint density at radius 3 is 2.45 bits per heavy atom. The van der Waals surface area contributed by atoms with Crippen molar-refractivity contribution in [3.63, 3.8) is 0 Å². The van der Waals surface area contributed by atoms with Gasteiger partial charge in [-0.25, -0.2) is 0 Å². The zero-order valence-electron chi connectivity index (χ0n) is 5.72. The Kier molecular flexibility index (Phi) is 2.17. The molecule has 0 radical (unpaired) electrons. The highest BCUT2D eigenvalue weighted by atomic mass is 32.2. The zero-order chi connectivity index (χ0) is 8.48. The molecule has 0 aromatic carbocycles. The second-order valence-corrected chi connectivity index (χ2v) is 3.20. The van der Waals surface area contributed by atoms with Crippen LogP contribution in [0.2, 0.25) is 0 Å². The van der Waals surface area contributed by atoms with Gasteiger partial charge in [0, 0.05) is 24.3 Å². The van der Waals surface area contributed by atoms with E-state index in [4.69, 9.17) is 0 Å². The van der Waals surface area contributed by atoms with Gasteiger partial charge in [-0.2, -0.15) is 13.2 Å². The standard InChI is InChI=1S/C6H6F3NS/c1-10-3-2-5(4-10)11-6(7,8)9/h2-4H,1H3. The Morgan fingerprint density at radius 2 is 2.09 bits per heavy atom. The van der Waals surface area contributed by atoms with Crippen molar-refractivity contribution in [3.8, 4) is 0 Å². The number of nitrogens with zero attached hydrogens (tertiary/aromatic N) is 1. The summed E-state index contributed by atoms with van der Waals surface area (Å²) < 4.78 is 36.7. The number of aryl methyl sites for hydroxylation is 1. The number of halogens is 3. The van der Waals surface area contributed by atoms with Crippen LogP contribution in [-0.2, 0) is 7.05 Å². The fraction of sp³-hybridized carbons (Fsp3) is 0.333. The highest BCUT2D eigenvalue weighted by Crippen LogP contribution is 2.36. The third-order valence-electron chi connectivity index (χ3n) is 1.04. The molecule has 0 spiro atoms. The lowest BCUT2D eigenvalue weighted by atomic mass is 10.7. The van der Waals surface area contributed by atoms with Gasteiger partial charge < -0.3 is 4.57 Å². The van der Waals surface area contributed by atoms with E-state index in [-0.39, 0.29) is 16.7 Å². The second-order valence-electron chi connectivity index (χ2n) is 2.06. The first-order chi connectivity index (χ1) is 4.97. The minimum atomic E-state index is -4.18. The molecule has 1 aromatic heterocycles. The number of aromatic nitrogens is 1. The van der Waals surface area contributed by atoms with Gasteiger partial charge in [0.15, 0.2) is 0 Å². The molecule has 1 heterocycles. The summed E-state index contributed by atoms with van der Waals surface area (Å²) in [5, 5.41) is 0. The van der Waals surface area contributed by atoms with Crippen LogP contribution >= 0.6 is 11.8 Å². The Morgan fingerprint density at radius 1 is 1.45 bits per heavy atom. The molecule has 0 saturated carbocycles. The zero-order valence-corrected chi connectivity index (χ0v) is 6.54. The average Bonchev–Trinajstić information content (AvgIpc) is 2.10. The molecule has 0 unspecified atom stereocenters. The third-order valence-corrected chi connectivity index (χ3v) is 1.75. The Labute approximate surface area is 66.2 Å². The minimum Gasteiger partial charge on any atom is -0.356 e. The van der Waals surface area contributed by atoms with Crippen molar-refractivity contribution in [2.45, 2.75) is 10.4 Å². The summed E-state index contributed by atoms with van der Waals surface area (Å²) in [7, 11) is 1.68. The molecule has 0 bridgehead atoms. The van der Waals surface area contributed by atoms with Gasteiger partial charge in [-0.05, 0) is 17.8 Å². The van der Waals surface area contributed by atoms with Crippen LogP contribution in [-0.4, -0.2) is 10.1 Å². The smallest absolute Gasteiger partial charge is 0.356 e. The average molecular weight is 181 g/mol. The number of rotatable bonds is 1. The van der Waals surface area contributed by atoms with Crippen LogP contribution in [0.15, 0.2) is 23.4 Å². The van der Waals surface area contributed by atoms with Gasteiger partial charge in [-0.15, -0.1) is 0 Å². The van der Waals surface area contributed by atoms with E-state index < -0.39 is 5.51 Å². The van der Waals surface area contributed by atoms with E-state index in [1.54, 1.807) is 17.8 Å². The predicted octanol–water partition coefficient (Wildman–Crippen LogP) is 2.64. The third kappa shape index (κ3) is 2.88. The van der Waals surface area contributed by atoms with E-state index in [0.29, 0.717) is 0 Å². The molecular formula is C6H6F3NS. The van der Waals surface area contributed by atoms with Gasteiger partial charge in [-0.1, -0.05) is 0 Å². The lowest BCUT2D eigenvalue weighted by Gasteiger charge is -2.01. The van der Waals surface area contributed by atoms with Crippen LogP contribution in [0.1, 0.15) is 0 Å². The molecule has 0 aliphatic carbocycles. The van der Waals surface area contributed by atoms with E-state index in [1.165, 1.54) is 12.3 Å². The maximum absolute atomic E-state index is 11.7. The van der Waals surface area contributed by atoms with Gasteiger partial charge in [0.2, 0.25) is 0 Å². The van der Waals surface area contributed by atoms with E-state index in [0.717, 1.165) is 0 Å². The molecule has 11 heavy (non-hydrogen) atoms. The number of alkyl halides is 3. The van der Waals surface area contributed by atoms with E-state index in [2.05, 4.69) is 0 Å². The quantitative estimate of drug-likeness (QED) is 0.603. The van der Waals surface area contributed by atoms with Gasteiger partial charge in [0.05, 0.1) is 0 Å². The fourth-order valence-corrected chi connectivity index (χ4v) is 1.29. The summed E-state index contributed by atoms with van der Waals surface area (Å²) in [6, 6.07) is 1.43. The molecule has 1 nitrogen and oxygen atoms in total. The topological polar surface area (TPSA) is 4.93 Å². The maximum Gasteiger partial charge on any atom is 0.446 e. The molecule has 62 valence electrons. The van der Waals surface area contributed by atoms with Crippen LogP contribution in [0, 0.1) is 0 Å². The lowest BCUT2D eigenvalue weighted by molar-refractivity contribution is -0.0328. The second kappa shape index (κ2) is 2.81. The molecule has 5 heteroatoms. The molecule has 0 fully saturated rings. The summed E-state index contributed by atoms with van der Waals surface area (Å²) in [6.07, 6.45) is 3.01. The van der Waals surface area contributed by atoms with E-state index in [1.807, 2.05) is 0 Å². The molecule has 0 amide bonds. The van der Waals surface area contributed by atoms with Crippen molar-refractivity contribution < 1.29 is 13.2 Å². The molecular weight excluding hydrogens is 175 g/mol. The molecule has 0 saturated heterocycles. The molecule has 0 aliphatic rings. The molecule has 1 rings (SSSR count). The first kappa shape index (κ1) is 8.52. The van der Waals surface area contributed by atoms with E-state index >= 15 is 0 Å². The van der Waals surface area contributed by atoms with Crippen molar-refractivity contribution in [2.75, 3.05) is 0 Å². The SMILES string of the molecule is Cn1ccc(SC(F)(F)F)c1. The molecule has 0 N–H and O–H groups in total. The summed E-state index contributed by atoms with van der Waals surface area (Å²) in [6.45, 7) is 0. The summed E-state index contributed by atoms with van der Waals surface area (Å²) in [5.41, 5.74) is -4.18. The van der Waals surface area contributed by atoms with Crippen LogP contribution < -0.4 is 0 Å². The Bertz CT molecular complexity index is 240. The van der Waals surface area contributed by atoms with Crippen molar-refractivity contribution >= 4 is 11.8 Å². The largest absolute Gasteiger partial charge is 0.446 e. The minimum absolute atomic E-state index is 0.0993. The first-order valence-corrected chi connectivity index (χ1v) is 3.67. The predicted molar refractivity (Wildman–Crippen MR) is 37.3 cm³/mol. The molecule has 0 atom stereocenters. The lowest BCUT2D eigenvalue weighted by Crippen LogP contribution is -1.98. The van der Waals surface area contributed by atoms with Gasteiger partial charge in [-0.3, -0.25) is 0 Å². The van der Waals surface area contributed by atoms with Crippen LogP contribution in [0.4, 0.5) is 13.2 Å². The van der Waals surface area contributed by atoms with Gasteiger partial charge in [0.25, 0.3) is 0 Å². The first-order valence-electron chi connectivity index (χ1n) is 2.85. The van der Waals surface area contributed by atoms with Crippen LogP contribution in [0.3, 0.4) is 0 Å².